The summed E-state index contributed by atoms with van der Waals surface area (Å²) in [6, 6.07) is 0. The summed E-state index contributed by atoms with van der Waals surface area (Å²) in [6.45, 7) is 6.37. The Labute approximate surface area is 407 Å². The molecule has 2 aliphatic carbocycles. The largest absolute Gasteiger partial charge is 0.459 e. The smallest absolute Gasteiger partial charge is 0.341 e. The van der Waals surface area contributed by atoms with Crippen LogP contribution in [0.1, 0.15) is 278 Å². The van der Waals surface area contributed by atoms with Crippen LogP contribution in [-0.2, 0) is 47.5 Å². The maximum Gasteiger partial charge on any atom is 0.341 e. The number of esters is 3. The van der Waals surface area contributed by atoms with E-state index >= 15 is 0 Å². The van der Waals surface area contributed by atoms with Gasteiger partial charge < -0.3 is 33.2 Å². The Hall–Kier alpha value is -1.75. The quantitative estimate of drug-likeness (QED) is 0.0262. The van der Waals surface area contributed by atoms with Crippen LogP contribution in [0, 0.1) is 0 Å². The molecule has 0 aromatic rings. The van der Waals surface area contributed by atoms with Gasteiger partial charge in [0.15, 0.2) is 17.3 Å². The molecule has 9 unspecified atom stereocenters. The van der Waals surface area contributed by atoms with Gasteiger partial charge in [-0.2, -0.15) is 0 Å². The molecule has 4 heterocycles. The molecule has 6 aliphatic rings. The van der Waals surface area contributed by atoms with Gasteiger partial charge in [-0.25, -0.2) is 9.59 Å². The number of hydrogen-bond acceptors (Lipinski definition) is 10. The van der Waals surface area contributed by atoms with E-state index in [9.17, 15) is 14.4 Å². The highest BCUT2D eigenvalue weighted by Gasteiger charge is 2.76. The Morgan fingerprint density at radius 2 is 0.866 bits per heavy atom. The molecule has 67 heavy (non-hydrogen) atoms. The average molecular weight is 943 g/mol. The number of epoxide rings is 4. The Balaban J connectivity index is 1.01. The molecule has 10 nitrogen and oxygen atoms in total. The van der Waals surface area contributed by atoms with E-state index in [-0.39, 0.29) is 49.8 Å². The summed E-state index contributed by atoms with van der Waals surface area (Å²) in [7, 11) is 0. The van der Waals surface area contributed by atoms with Crippen LogP contribution in [-0.4, -0.2) is 84.0 Å². The van der Waals surface area contributed by atoms with Gasteiger partial charge in [-0.3, -0.25) is 4.79 Å². The SMILES string of the molecule is CCCCCCCCC1OC1CCCCCCCC(=O)OC(COC(=O)C12CCCCCCCC1(CCCCCCCC)O2)COC(=O)C12CCCCCCCC1(CC1OC1CCCCC)O2. The maximum atomic E-state index is 14.4. The van der Waals surface area contributed by atoms with Crippen LogP contribution in [0.5, 0.6) is 0 Å². The summed E-state index contributed by atoms with van der Waals surface area (Å²) in [6.07, 6.45) is 42.9. The maximum absolute atomic E-state index is 14.4. The topological polar surface area (TPSA) is 129 Å². The molecule has 0 N–H and O–H groups in total. The fourth-order valence-corrected chi connectivity index (χ4v) is 12.3. The average Bonchev–Trinajstić information content (AvgIpc) is 4.26. The molecule has 4 saturated heterocycles. The molecule has 2 saturated carbocycles. The van der Waals surface area contributed by atoms with Crippen molar-refractivity contribution >= 4 is 17.9 Å². The van der Waals surface area contributed by atoms with E-state index < -0.39 is 28.5 Å². The van der Waals surface area contributed by atoms with Gasteiger partial charge in [-0.05, 0) is 70.6 Å². The second-order valence-electron chi connectivity index (χ2n) is 22.2. The predicted molar refractivity (Wildman–Crippen MR) is 264 cm³/mol. The molecule has 0 spiro atoms. The van der Waals surface area contributed by atoms with E-state index in [1.54, 1.807) is 0 Å². The minimum atomic E-state index is -1.02. The van der Waals surface area contributed by atoms with Gasteiger partial charge in [0.05, 0.1) is 24.4 Å². The molecule has 0 bridgehead atoms. The molecule has 9 atom stereocenters. The van der Waals surface area contributed by atoms with Crippen LogP contribution in [0.4, 0.5) is 0 Å². The lowest BCUT2D eigenvalue weighted by Gasteiger charge is -2.23. The zero-order valence-electron chi connectivity index (χ0n) is 43.2. The monoisotopic (exact) mass is 943 g/mol. The van der Waals surface area contributed by atoms with E-state index in [4.69, 9.17) is 33.2 Å². The van der Waals surface area contributed by atoms with Gasteiger partial charge in [0, 0.05) is 12.8 Å². The molecule has 0 aromatic carbocycles. The van der Waals surface area contributed by atoms with Crippen molar-refractivity contribution in [3.8, 4) is 0 Å². The lowest BCUT2D eigenvalue weighted by Crippen LogP contribution is -2.41. The number of rotatable bonds is 35. The number of fused-ring (bicyclic) bond motifs is 2. The van der Waals surface area contributed by atoms with E-state index in [1.165, 1.54) is 89.9 Å². The second kappa shape index (κ2) is 28.3. The summed E-state index contributed by atoms with van der Waals surface area (Å²) in [4.78, 5) is 42.2. The summed E-state index contributed by atoms with van der Waals surface area (Å²) in [5.74, 6) is -1.08. The van der Waals surface area contributed by atoms with Crippen LogP contribution in [0.2, 0.25) is 0 Å². The minimum Gasteiger partial charge on any atom is -0.459 e. The lowest BCUT2D eigenvalue weighted by molar-refractivity contribution is -0.170. The van der Waals surface area contributed by atoms with Gasteiger partial charge in [0.1, 0.15) is 24.4 Å². The van der Waals surface area contributed by atoms with Gasteiger partial charge >= 0.3 is 17.9 Å². The molecule has 4 aliphatic heterocycles. The van der Waals surface area contributed by atoms with Crippen LogP contribution in [0.3, 0.4) is 0 Å². The molecule has 10 heteroatoms. The molecule has 0 radical (unpaired) electrons. The molecule has 386 valence electrons. The normalized spacial score (nSPS) is 31.6. The summed E-state index contributed by atoms with van der Waals surface area (Å²) < 4.78 is 43.8. The first kappa shape index (κ1) is 54.6. The zero-order valence-corrected chi connectivity index (χ0v) is 43.2. The van der Waals surface area contributed by atoms with Gasteiger partial charge in [0.2, 0.25) is 0 Å². The number of ether oxygens (including phenoxy) is 7. The van der Waals surface area contributed by atoms with Crippen molar-refractivity contribution in [2.75, 3.05) is 13.2 Å². The Morgan fingerprint density at radius 3 is 1.45 bits per heavy atom. The first-order valence-corrected chi connectivity index (χ1v) is 29.0. The summed E-state index contributed by atoms with van der Waals surface area (Å²) >= 11 is 0. The number of carbonyl (C=O) groups excluding carboxylic acids is 3. The van der Waals surface area contributed by atoms with Crippen molar-refractivity contribution in [1.82, 2.24) is 0 Å². The molecular formula is C57H98O10. The van der Waals surface area contributed by atoms with Crippen molar-refractivity contribution in [2.45, 2.75) is 331 Å². The molecule has 6 fully saturated rings. The first-order chi connectivity index (χ1) is 32.8. The van der Waals surface area contributed by atoms with E-state index in [1.807, 2.05) is 0 Å². The van der Waals surface area contributed by atoms with Crippen molar-refractivity contribution in [1.29, 1.82) is 0 Å². The van der Waals surface area contributed by atoms with Crippen molar-refractivity contribution in [3.05, 3.63) is 0 Å². The van der Waals surface area contributed by atoms with Gasteiger partial charge in [0.25, 0.3) is 0 Å². The highest BCUT2D eigenvalue weighted by molar-refractivity contribution is 5.86. The van der Waals surface area contributed by atoms with Crippen LogP contribution >= 0.6 is 0 Å². The van der Waals surface area contributed by atoms with Crippen LogP contribution < -0.4 is 0 Å². The van der Waals surface area contributed by atoms with Gasteiger partial charge in [-0.15, -0.1) is 0 Å². The lowest BCUT2D eigenvalue weighted by atomic mass is 9.81. The van der Waals surface area contributed by atoms with E-state index in [0.29, 0.717) is 31.5 Å². The third-order valence-corrected chi connectivity index (χ3v) is 16.7. The highest BCUT2D eigenvalue weighted by Crippen LogP contribution is 2.61. The Bertz CT molecular complexity index is 1460. The van der Waals surface area contributed by atoms with Crippen molar-refractivity contribution < 1.29 is 47.5 Å². The van der Waals surface area contributed by atoms with Gasteiger partial charge in [-0.1, -0.05) is 194 Å². The minimum absolute atomic E-state index is 0.120. The second-order valence-corrected chi connectivity index (χ2v) is 22.2. The molecular weight excluding hydrogens is 845 g/mol. The fourth-order valence-electron chi connectivity index (χ4n) is 12.3. The first-order valence-electron chi connectivity index (χ1n) is 29.0. The van der Waals surface area contributed by atoms with E-state index in [2.05, 4.69) is 20.8 Å². The highest BCUT2D eigenvalue weighted by atomic mass is 16.7. The molecule has 0 aromatic heterocycles. The number of unbranched alkanes of at least 4 members (excludes halogenated alkanes) is 16. The number of hydrogen-bond donors (Lipinski definition) is 0. The summed E-state index contributed by atoms with van der Waals surface area (Å²) in [5, 5.41) is 0. The third-order valence-electron chi connectivity index (χ3n) is 16.7. The third kappa shape index (κ3) is 16.4. The summed E-state index contributed by atoms with van der Waals surface area (Å²) in [5.41, 5.74) is -3.04. The molecule has 6 rings (SSSR count). The Morgan fingerprint density at radius 1 is 0.463 bits per heavy atom. The predicted octanol–water partition coefficient (Wildman–Crippen LogP) is 14.2. The van der Waals surface area contributed by atoms with Crippen molar-refractivity contribution in [3.63, 3.8) is 0 Å². The van der Waals surface area contributed by atoms with Crippen molar-refractivity contribution in [2.24, 2.45) is 0 Å². The van der Waals surface area contributed by atoms with E-state index in [0.717, 1.165) is 141 Å². The molecule has 0 amide bonds. The van der Waals surface area contributed by atoms with Crippen LogP contribution in [0.15, 0.2) is 0 Å². The Kier molecular flexibility index (Phi) is 23.1. The standard InChI is InChI=1S/C57H98O10/c1-4-7-10-12-17-26-35-47-48(64-47)36-27-18-14-19-28-37-51(58)63-46(44-61-52(59)56-41-32-23-15-21-30-39-54(56,66-56)38-29-20-13-11-8-5-2)45-62-53(60)57-42-33-24-16-22-31-40-55(57,67-57)43-50-49(65-50)34-25-9-6-3/h46-50H,4-45H2,1-3H3. The van der Waals surface area contributed by atoms with Crippen LogP contribution in [0.25, 0.3) is 0 Å². The fraction of sp³-hybridized carbons (Fsp3) is 0.947. The number of carbonyl (C=O) groups is 3. The zero-order chi connectivity index (χ0) is 47.3.